The Hall–Kier alpha value is -1.09. The Balaban J connectivity index is 2.65. The number of nitrogens with one attached hydrogen (secondary N) is 1. The topological polar surface area (TPSA) is 34.1 Å². The van der Waals surface area contributed by atoms with Gasteiger partial charge in [0.25, 0.3) is 0 Å². The largest absolute Gasteiger partial charge is 0.373 e. The van der Waals surface area contributed by atoms with Crippen LogP contribution in [0.2, 0.25) is 0 Å². The third-order valence-corrected chi connectivity index (χ3v) is 2.60. The van der Waals surface area contributed by atoms with Crippen LogP contribution in [0.25, 0.3) is 0 Å². The highest BCUT2D eigenvalue weighted by molar-refractivity contribution is 5.42. The van der Waals surface area contributed by atoms with Gasteiger partial charge in [-0.15, -0.1) is 0 Å². The lowest BCUT2D eigenvalue weighted by Gasteiger charge is -2.23. The molecule has 0 bridgehead atoms. The molecule has 1 aromatic rings. The van der Waals surface area contributed by atoms with Gasteiger partial charge >= 0.3 is 0 Å². The maximum absolute atomic E-state index is 5.83. The second-order valence-corrected chi connectivity index (χ2v) is 4.16. The smallest absolute Gasteiger partial charge is 0.131 e. The molecule has 0 saturated heterocycles. The normalized spacial score (nSPS) is 11.5. The van der Waals surface area contributed by atoms with E-state index in [2.05, 4.69) is 31.1 Å². The molecule has 0 amide bonds. The predicted molar refractivity (Wildman–Crippen MR) is 62.9 cm³/mol. The van der Waals surface area contributed by atoms with Crippen molar-refractivity contribution in [3.63, 3.8) is 0 Å². The summed E-state index contributed by atoms with van der Waals surface area (Å²) in [7, 11) is 1.87. The van der Waals surface area contributed by atoms with Crippen LogP contribution in [0.5, 0.6) is 0 Å². The van der Waals surface area contributed by atoms with Gasteiger partial charge in [0.2, 0.25) is 0 Å². The van der Waals surface area contributed by atoms with Gasteiger partial charge in [0.05, 0.1) is 12.2 Å². The minimum Gasteiger partial charge on any atom is -0.373 e. The van der Waals surface area contributed by atoms with Crippen molar-refractivity contribution in [2.45, 2.75) is 39.4 Å². The third kappa shape index (κ3) is 3.51. The standard InChI is InChI=1S/C12H20N2O/c1-5-12(2,3)15-9-10-7-6-8-14-11(10)13-4/h6-8H,5,9H2,1-4H3,(H,13,14). The van der Waals surface area contributed by atoms with Crippen LogP contribution in [0, 0.1) is 0 Å². The van der Waals surface area contributed by atoms with Crippen molar-refractivity contribution in [2.24, 2.45) is 0 Å². The number of nitrogens with zero attached hydrogens (tertiary/aromatic N) is 1. The van der Waals surface area contributed by atoms with E-state index in [1.165, 1.54) is 0 Å². The zero-order chi connectivity index (χ0) is 11.3. The van der Waals surface area contributed by atoms with E-state index < -0.39 is 0 Å². The minimum absolute atomic E-state index is 0.0686. The van der Waals surface area contributed by atoms with E-state index in [9.17, 15) is 0 Å². The maximum Gasteiger partial charge on any atom is 0.131 e. The van der Waals surface area contributed by atoms with Crippen molar-refractivity contribution >= 4 is 5.82 Å². The number of ether oxygens (including phenoxy) is 1. The number of pyridine rings is 1. The molecule has 0 spiro atoms. The van der Waals surface area contributed by atoms with Gasteiger partial charge in [-0.05, 0) is 26.3 Å². The molecule has 1 aromatic heterocycles. The number of hydrogen-bond acceptors (Lipinski definition) is 3. The first-order valence-electron chi connectivity index (χ1n) is 5.34. The fourth-order valence-electron chi connectivity index (χ4n) is 1.16. The molecular weight excluding hydrogens is 188 g/mol. The van der Waals surface area contributed by atoms with Crippen molar-refractivity contribution < 1.29 is 4.74 Å². The number of hydrogen-bond donors (Lipinski definition) is 1. The SMILES string of the molecule is CCC(C)(C)OCc1cccnc1NC. The molecule has 0 aliphatic rings. The van der Waals surface area contributed by atoms with E-state index in [1.807, 2.05) is 19.2 Å². The molecule has 84 valence electrons. The Morgan fingerprint density at radius 3 is 2.80 bits per heavy atom. The Kier molecular flexibility index (Phi) is 4.09. The molecule has 0 saturated carbocycles. The fraction of sp³-hybridized carbons (Fsp3) is 0.583. The fourth-order valence-corrected chi connectivity index (χ4v) is 1.16. The Morgan fingerprint density at radius 2 is 2.20 bits per heavy atom. The Morgan fingerprint density at radius 1 is 1.47 bits per heavy atom. The van der Waals surface area contributed by atoms with Gasteiger partial charge in [0.1, 0.15) is 5.82 Å². The van der Waals surface area contributed by atoms with Gasteiger partial charge in [0.15, 0.2) is 0 Å². The molecule has 0 aromatic carbocycles. The second kappa shape index (κ2) is 5.12. The lowest BCUT2D eigenvalue weighted by Crippen LogP contribution is -2.23. The highest BCUT2D eigenvalue weighted by Gasteiger charge is 2.15. The average Bonchev–Trinajstić information content (AvgIpc) is 2.27. The molecular formula is C12H20N2O. The Labute approximate surface area is 91.9 Å². The van der Waals surface area contributed by atoms with Crippen molar-refractivity contribution in [1.29, 1.82) is 0 Å². The molecule has 0 aliphatic carbocycles. The first kappa shape index (κ1) is 12.0. The van der Waals surface area contributed by atoms with Gasteiger partial charge in [-0.2, -0.15) is 0 Å². The van der Waals surface area contributed by atoms with Crippen LogP contribution in [0.1, 0.15) is 32.8 Å². The zero-order valence-corrected chi connectivity index (χ0v) is 10.0. The summed E-state index contributed by atoms with van der Waals surface area (Å²) in [5.41, 5.74) is 1.03. The van der Waals surface area contributed by atoms with E-state index in [1.54, 1.807) is 6.20 Å². The molecule has 0 unspecified atom stereocenters. The molecule has 3 heteroatoms. The first-order valence-corrected chi connectivity index (χ1v) is 5.34. The van der Waals surface area contributed by atoms with Gasteiger partial charge in [0, 0.05) is 18.8 Å². The highest BCUT2D eigenvalue weighted by atomic mass is 16.5. The van der Waals surface area contributed by atoms with Crippen LogP contribution in [-0.2, 0) is 11.3 Å². The number of aromatic nitrogens is 1. The van der Waals surface area contributed by atoms with Crippen LogP contribution in [0.3, 0.4) is 0 Å². The number of rotatable bonds is 5. The lowest BCUT2D eigenvalue weighted by molar-refractivity contribution is -0.0314. The monoisotopic (exact) mass is 208 g/mol. The molecule has 0 radical (unpaired) electrons. The summed E-state index contributed by atoms with van der Waals surface area (Å²) in [4.78, 5) is 4.23. The van der Waals surface area contributed by atoms with Crippen molar-refractivity contribution in [2.75, 3.05) is 12.4 Å². The van der Waals surface area contributed by atoms with Gasteiger partial charge in [-0.1, -0.05) is 13.0 Å². The molecule has 1 N–H and O–H groups in total. The van der Waals surface area contributed by atoms with E-state index in [0.717, 1.165) is 17.8 Å². The van der Waals surface area contributed by atoms with E-state index in [4.69, 9.17) is 4.74 Å². The maximum atomic E-state index is 5.83. The average molecular weight is 208 g/mol. The summed E-state index contributed by atoms with van der Waals surface area (Å²) < 4.78 is 5.83. The second-order valence-electron chi connectivity index (χ2n) is 4.16. The summed E-state index contributed by atoms with van der Waals surface area (Å²) in [6.07, 6.45) is 2.78. The van der Waals surface area contributed by atoms with Crippen molar-refractivity contribution in [3.05, 3.63) is 23.9 Å². The van der Waals surface area contributed by atoms with E-state index >= 15 is 0 Å². The molecule has 0 aliphatic heterocycles. The lowest BCUT2D eigenvalue weighted by atomic mass is 10.1. The van der Waals surface area contributed by atoms with E-state index in [-0.39, 0.29) is 5.60 Å². The highest BCUT2D eigenvalue weighted by Crippen LogP contribution is 2.19. The number of anilines is 1. The van der Waals surface area contributed by atoms with Gasteiger partial charge in [-0.3, -0.25) is 0 Å². The third-order valence-electron chi connectivity index (χ3n) is 2.60. The molecule has 0 fully saturated rings. The van der Waals surface area contributed by atoms with Crippen LogP contribution in [0.4, 0.5) is 5.82 Å². The molecule has 1 rings (SSSR count). The van der Waals surface area contributed by atoms with Gasteiger partial charge < -0.3 is 10.1 Å². The summed E-state index contributed by atoms with van der Waals surface area (Å²) in [5, 5.41) is 3.06. The van der Waals surface area contributed by atoms with Crippen molar-refractivity contribution in [1.82, 2.24) is 4.98 Å². The summed E-state index contributed by atoms with van der Waals surface area (Å²) in [6.45, 7) is 6.93. The van der Waals surface area contributed by atoms with E-state index in [0.29, 0.717) is 6.61 Å². The summed E-state index contributed by atoms with van der Waals surface area (Å²) in [6, 6.07) is 3.96. The first-order chi connectivity index (χ1) is 7.09. The minimum atomic E-state index is -0.0686. The zero-order valence-electron chi connectivity index (χ0n) is 10.0. The molecule has 0 atom stereocenters. The Bertz CT molecular complexity index is 310. The van der Waals surface area contributed by atoms with Crippen LogP contribution in [-0.4, -0.2) is 17.6 Å². The molecule has 15 heavy (non-hydrogen) atoms. The quantitative estimate of drug-likeness (QED) is 0.808. The molecule has 1 heterocycles. The van der Waals surface area contributed by atoms with Crippen LogP contribution >= 0.6 is 0 Å². The van der Waals surface area contributed by atoms with Crippen LogP contribution in [0.15, 0.2) is 18.3 Å². The summed E-state index contributed by atoms with van der Waals surface area (Å²) in [5.74, 6) is 0.893. The van der Waals surface area contributed by atoms with Crippen LogP contribution < -0.4 is 5.32 Å². The molecule has 3 nitrogen and oxygen atoms in total. The summed E-state index contributed by atoms with van der Waals surface area (Å²) >= 11 is 0. The van der Waals surface area contributed by atoms with Crippen molar-refractivity contribution in [3.8, 4) is 0 Å². The predicted octanol–water partition coefficient (Wildman–Crippen LogP) is 2.83. The van der Waals surface area contributed by atoms with Gasteiger partial charge in [-0.25, -0.2) is 4.98 Å².